The third kappa shape index (κ3) is 3.82. The fourth-order valence-corrected chi connectivity index (χ4v) is 1.82. The summed E-state index contributed by atoms with van der Waals surface area (Å²) in [7, 11) is 0. The van der Waals surface area contributed by atoms with Crippen LogP contribution < -0.4 is 10.1 Å². The summed E-state index contributed by atoms with van der Waals surface area (Å²) in [6, 6.07) is 9.70. The van der Waals surface area contributed by atoms with Gasteiger partial charge in [-0.25, -0.2) is 0 Å². The van der Waals surface area contributed by atoms with Gasteiger partial charge in [-0.1, -0.05) is 23.7 Å². The fraction of sp³-hybridized carbons (Fsp3) is 0.0714. The van der Waals surface area contributed by atoms with Crippen LogP contribution in [0, 0.1) is 0 Å². The molecular weight excluding hydrogens is 304 g/mol. The van der Waals surface area contributed by atoms with E-state index in [-0.39, 0.29) is 22.1 Å². The lowest BCUT2D eigenvalue weighted by atomic mass is 10.2. The Kier molecular flexibility index (Phi) is 4.59. The molecule has 0 saturated heterocycles. The third-order valence-electron chi connectivity index (χ3n) is 2.55. The summed E-state index contributed by atoms with van der Waals surface area (Å²) < 4.78 is 28.9. The second kappa shape index (κ2) is 6.41. The van der Waals surface area contributed by atoms with Crippen molar-refractivity contribution in [2.75, 3.05) is 5.32 Å². The van der Waals surface area contributed by atoms with E-state index in [0.717, 1.165) is 0 Å². The Bertz CT molecular complexity index is 664. The molecule has 2 N–H and O–H groups in total. The van der Waals surface area contributed by atoms with E-state index < -0.39 is 12.5 Å². The van der Waals surface area contributed by atoms with Gasteiger partial charge in [-0.3, -0.25) is 4.79 Å². The van der Waals surface area contributed by atoms with E-state index in [0.29, 0.717) is 5.69 Å². The number of carbonyl (C=O) groups excluding carboxylic acids is 1. The lowest BCUT2D eigenvalue weighted by Crippen LogP contribution is -2.14. The Labute approximate surface area is 123 Å². The highest BCUT2D eigenvalue weighted by Gasteiger charge is 2.15. The Morgan fingerprint density at radius 1 is 1.24 bits per heavy atom. The number of carbonyl (C=O) groups is 1. The number of rotatable bonds is 4. The van der Waals surface area contributed by atoms with Gasteiger partial charge in [-0.2, -0.15) is 8.78 Å². The van der Waals surface area contributed by atoms with Crippen molar-refractivity contribution < 1.29 is 23.4 Å². The number of hydrogen-bond acceptors (Lipinski definition) is 3. The van der Waals surface area contributed by atoms with E-state index in [1.165, 1.54) is 42.5 Å². The zero-order valence-electron chi connectivity index (χ0n) is 10.5. The number of aromatic hydroxyl groups is 1. The molecule has 0 unspecified atom stereocenters. The van der Waals surface area contributed by atoms with E-state index in [1.54, 1.807) is 0 Å². The van der Waals surface area contributed by atoms with Crippen molar-refractivity contribution in [3.05, 3.63) is 53.1 Å². The number of phenols is 1. The minimum absolute atomic E-state index is 0.0398. The zero-order valence-corrected chi connectivity index (χ0v) is 11.3. The summed E-state index contributed by atoms with van der Waals surface area (Å²) in [5, 5.41) is 11.8. The number of para-hydroxylation sites is 1. The molecule has 21 heavy (non-hydrogen) atoms. The number of amides is 1. The minimum Gasteiger partial charge on any atom is -0.506 e. The van der Waals surface area contributed by atoms with Crippen LogP contribution in [0.15, 0.2) is 42.5 Å². The molecule has 0 aromatic heterocycles. The molecule has 0 fully saturated rings. The summed E-state index contributed by atoms with van der Waals surface area (Å²) in [5.41, 5.74) is 0.275. The molecule has 2 rings (SSSR count). The molecule has 7 heteroatoms. The van der Waals surface area contributed by atoms with E-state index in [2.05, 4.69) is 10.1 Å². The van der Waals surface area contributed by atoms with E-state index in [1.807, 2.05) is 0 Å². The molecule has 0 aliphatic heterocycles. The minimum atomic E-state index is -3.03. The Morgan fingerprint density at radius 2 is 1.95 bits per heavy atom. The van der Waals surface area contributed by atoms with Crippen LogP contribution in [-0.2, 0) is 0 Å². The maximum Gasteiger partial charge on any atom is 0.387 e. The SMILES string of the molecule is O=C(Nc1ccc(O)c(Cl)c1)c1ccccc1OC(F)F. The molecule has 0 atom stereocenters. The van der Waals surface area contributed by atoms with Crippen molar-refractivity contribution in [2.45, 2.75) is 6.61 Å². The van der Waals surface area contributed by atoms with Gasteiger partial charge in [0.2, 0.25) is 0 Å². The van der Waals surface area contributed by atoms with Crippen LogP contribution in [0.5, 0.6) is 11.5 Å². The highest BCUT2D eigenvalue weighted by Crippen LogP contribution is 2.27. The molecule has 1 amide bonds. The highest BCUT2D eigenvalue weighted by molar-refractivity contribution is 6.32. The molecule has 2 aromatic carbocycles. The second-order valence-electron chi connectivity index (χ2n) is 3.99. The van der Waals surface area contributed by atoms with Crippen LogP contribution in [0.25, 0.3) is 0 Å². The van der Waals surface area contributed by atoms with E-state index in [9.17, 15) is 18.7 Å². The van der Waals surface area contributed by atoms with Crippen molar-refractivity contribution in [3.63, 3.8) is 0 Å². The van der Waals surface area contributed by atoms with Gasteiger partial charge in [0.25, 0.3) is 5.91 Å². The third-order valence-corrected chi connectivity index (χ3v) is 2.86. The molecule has 0 heterocycles. The predicted octanol–water partition coefficient (Wildman–Crippen LogP) is 3.90. The highest BCUT2D eigenvalue weighted by atomic mass is 35.5. The topological polar surface area (TPSA) is 58.6 Å². The Morgan fingerprint density at radius 3 is 2.62 bits per heavy atom. The van der Waals surface area contributed by atoms with Gasteiger partial charge < -0.3 is 15.2 Å². The number of hydrogen-bond donors (Lipinski definition) is 2. The van der Waals surface area contributed by atoms with Gasteiger partial charge in [0.15, 0.2) is 0 Å². The lowest BCUT2D eigenvalue weighted by Gasteiger charge is -2.11. The number of benzene rings is 2. The van der Waals surface area contributed by atoms with Crippen molar-refractivity contribution in [3.8, 4) is 11.5 Å². The van der Waals surface area contributed by atoms with Crippen LogP contribution in [0.2, 0.25) is 5.02 Å². The number of phenolic OH excluding ortho intramolecular Hbond substituents is 1. The standard InChI is InChI=1S/C14H10ClF2NO3/c15-10-7-8(5-6-11(10)19)18-13(20)9-3-1-2-4-12(9)21-14(16)17/h1-7,14,19H,(H,18,20). The van der Waals surface area contributed by atoms with E-state index >= 15 is 0 Å². The Balaban J connectivity index is 2.22. The fourth-order valence-electron chi connectivity index (χ4n) is 1.64. The quantitative estimate of drug-likeness (QED) is 0.842. The summed E-state index contributed by atoms with van der Waals surface area (Å²) in [6.45, 7) is -3.03. The number of nitrogens with one attached hydrogen (secondary N) is 1. The van der Waals surface area contributed by atoms with Gasteiger partial charge in [-0.05, 0) is 30.3 Å². The molecule has 0 aliphatic rings. The average molecular weight is 314 g/mol. The van der Waals surface area contributed by atoms with Gasteiger partial charge in [-0.15, -0.1) is 0 Å². The number of halogens is 3. The van der Waals surface area contributed by atoms with Crippen LogP contribution in [0.1, 0.15) is 10.4 Å². The smallest absolute Gasteiger partial charge is 0.387 e. The molecule has 4 nitrogen and oxygen atoms in total. The first-order valence-electron chi connectivity index (χ1n) is 5.81. The zero-order chi connectivity index (χ0) is 15.4. The van der Waals surface area contributed by atoms with E-state index in [4.69, 9.17) is 11.6 Å². The van der Waals surface area contributed by atoms with Crippen molar-refractivity contribution in [2.24, 2.45) is 0 Å². The maximum atomic E-state index is 12.3. The number of anilines is 1. The van der Waals surface area contributed by atoms with Gasteiger partial charge in [0.1, 0.15) is 11.5 Å². The maximum absolute atomic E-state index is 12.3. The average Bonchev–Trinajstić information content (AvgIpc) is 2.43. The van der Waals surface area contributed by atoms with Gasteiger partial charge in [0, 0.05) is 5.69 Å². The number of ether oxygens (including phenoxy) is 1. The first-order valence-corrected chi connectivity index (χ1v) is 6.19. The summed E-state index contributed by atoms with van der Waals surface area (Å²) in [5.74, 6) is -0.987. The molecule has 0 spiro atoms. The Hall–Kier alpha value is -2.34. The molecular formula is C14H10ClF2NO3. The molecule has 0 radical (unpaired) electrons. The largest absolute Gasteiger partial charge is 0.506 e. The first kappa shape index (κ1) is 15.1. The lowest BCUT2D eigenvalue weighted by molar-refractivity contribution is -0.0501. The summed E-state index contributed by atoms with van der Waals surface area (Å²) >= 11 is 5.72. The summed E-state index contributed by atoms with van der Waals surface area (Å²) in [6.07, 6.45) is 0. The van der Waals surface area contributed by atoms with Crippen molar-refractivity contribution in [1.82, 2.24) is 0 Å². The molecule has 110 valence electrons. The number of alkyl halides is 2. The van der Waals surface area contributed by atoms with Crippen molar-refractivity contribution in [1.29, 1.82) is 0 Å². The normalized spacial score (nSPS) is 10.5. The van der Waals surface area contributed by atoms with Crippen LogP contribution in [0.4, 0.5) is 14.5 Å². The van der Waals surface area contributed by atoms with Crippen molar-refractivity contribution >= 4 is 23.2 Å². The first-order chi connectivity index (χ1) is 9.97. The van der Waals surface area contributed by atoms with Crippen LogP contribution in [-0.4, -0.2) is 17.6 Å². The second-order valence-corrected chi connectivity index (χ2v) is 4.40. The monoisotopic (exact) mass is 313 g/mol. The molecule has 0 aliphatic carbocycles. The van der Waals surface area contributed by atoms with Crippen LogP contribution >= 0.6 is 11.6 Å². The molecule has 0 saturated carbocycles. The van der Waals surface area contributed by atoms with Gasteiger partial charge >= 0.3 is 6.61 Å². The van der Waals surface area contributed by atoms with Gasteiger partial charge in [0.05, 0.1) is 10.6 Å². The summed E-state index contributed by atoms with van der Waals surface area (Å²) in [4.78, 5) is 12.1. The molecule has 2 aromatic rings. The predicted molar refractivity (Wildman–Crippen MR) is 74.1 cm³/mol. The molecule has 0 bridgehead atoms. The van der Waals surface area contributed by atoms with Crippen LogP contribution in [0.3, 0.4) is 0 Å².